The zero-order chi connectivity index (χ0) is 18.7. The molecule has 0 saturated carbocycles. The molecule has 1 unspecified atom stereocenters. The van der Waals surface area contributed by atoms with Crippen LogP contribution in [-0.2, 0) is 9.59 Å². The summed E-state index contributed by atoms with van der Waals surface area (Å²) in [5, 5.41) is 0. The van der Waals surface area contributed by atoms with Gasteiger partial charge in [-0.3, -0.25) is 19.4 Å². The van der Waals surface area contributed by atoms with Gasteiger partial charge in [-0.15, -0.1) is 0 Å². The largest absolute Gasteiger partial charge is 0.341 e. The molecule has 0 spiro atoms. The number of hydrogen-bond donors (Lipinski definition) is 0. The van der Waals surface area contributed by atoms with Crippen molar-refractivity contribution in [3.63, 3.8) is 0 Å². The number of likely N-dealkylation sites (tertiary alicyclic amines) is 1. The van der Waals surface area contributed by atoms with E-state index in [1.54, 1.807) is 34.2 Å². The summed E-state index contributed by atoms with van der Waals surface area (Å²) in [5.74, 6) is -0.265. The van der Waals surface area contributed by atoms with Crippen molar-refractivity contribution in [3.05, 3.63) is 30.1 Å². The van der Waals surface area contributed by atoms with Gasteiger partial charge >= 0.3 is 0 Å². The number of carbonyl (C=O) groups is 3. The molecular formula is C19H26N4O3. The van der Waals surface area contributed by atoms with Crippen molar-refractivity contribution >= 4 is 17.7 Å². The van der Waals surface area contributed by atoms with Crippen molar-refractivity contribution in [3.8, 4) is 0 Å². The lowest BCUT2D eigenvalue weighted by Crippen LogP contribution is -2.41. The first-order valence-corrected chi connectivity index (χ1v) is 9.26. The van der Waals surface area contributed by atoms with Gasteiger partial charge in [-0.2, -0.15) is 0 Å². The average molecular weight is 358 g/mol. The van der Waals surface area contributed by atoms with E-state index in [9.17, 15) is 14.4 Å². The van der Waals surface area contributed by atoms with Crippen LogP contribution < -0.4 is 0 Å². The molecule has 0 N–H and O–H groups in total. The Morgan fingerprint density at radius 3 is 2.50 bits per heavy atom. The van der Waals surface area contributed by atoms with Gasteiger partial charge in [-0.05, 0) is 32.4 Å². The summed E-state index contributed by atoms with van der Waals surface area (Å²) in [6, 6.07) is 5.41. The number of hydrogen-bond acceptors (Lipinski definition) is 4. The van der Waals surface area contributed by atoms with Gasteiger partial charge in [0.2, 0.25) is 11.8 Å². The second-order valence-electron chi connectivity index (χ2n) is 7.23. The van der Waals surface area contributed by atoms with Gasteiger partial charge < -0.3 is 14.7 Å². The van der Waals surface area contributed by atoms with E-state index in [1.807, 2.05) is 18.7 Å². The highest BCUT2D eigenvalue weighted by Gasteiger charge is 2.38. The molecule has 2 saturated heterocycles. The van der Waals surface area contributed by atoms with Gasteiger partial charge in [0.05, 0.1) is 5.92 Å². The second kappa shape index (κ2) is 7.85. The third-order valence-electron chi connectivity index (χ3n) is 5.11. The van der Waals surface area contributed by atoms with Crippen molar-refractivity contribution in [1.29, 1.82) is 0 Å². The Balaban J connectivity index is 1.59. The Labute approximate surface area is 154 Å². The summed E-state index contributed by atoms with van der Waals surface area (Å²) in [7, 11) is 0. The van der Waals surface area contributed by atoms with Crippen LogP contribution in [0.2, 0.25) is 0 Å². The molecule has 3 amide bonds. The quantitative estimate of drug-likeness (QED) is 0.808. The molecule has 0 aromatic carbocycles. The maximum Gasteiger partial charge on any atom is 0.272 e. The standard InChI is InChI=1S/C19H26N4O3/c1-14(2)23-13-15(12-17(23)24)18(25)21-8-5-9-22(11-10-21)19(26)16-6-3-4-7-20-16/h3-4,6-7,14-15H,5,8-13H2,1-2H3. The van der Waals surface area contributed by atoms with E-state index in [1.165, 1.54) is 0 Å². The average Bonchev–Trinajstić information content (AvgIpc) is 2.88. The van der Waals surface area contributed by atoms with E-state index in [0.29, 0.717) is 44.8 Å². The van der Waals surface area contributed by atoms with Gasteiger partial charge in [0.15, 0.2) is 0 Å². The maximum atomic E-state index is 12.8. The zero-order valence-electron chi connectivity index (χ0n) is 15.4. The summed E-state index contributed by atoms with van der Waals surface area (Å²) in [5.41, 5.74) is 0.432. The van der Waals surface area contributed by atoms with Crippen LogP contribution in [0.1, 0.15) is 37.2 Å². The molecule has 7 nitrogen and oxygen atoms in total. The Bertz CT molecular complexity index is 677. The summed E-state index contributed by atoms with van der Waals surface area (Å²) in [6.07, 6.45) is 2.64. The van der Waals surface area contributed by atoms with Crippen molar-refractivity contribution in [2.45, 2.75) is 32.7 Å². The minimum absolute atomic E-state index is 0.0358. The van der Waals surface area contributed by atoms with E-state index in [0.717, 1.165) is 6.42 Å². The zero-order valence-corrected chi connectivity index (χ0v) is 15.4. The highest BCUT2D eigenvalue weighted by atomic mass is 16.2. The maximum absolute atomic E-state index is 12.8. The highest BCUT2D eigenvalue weighted by molar-refractivity contribution is 5.92. The number of aromatic nitrogens is 1. The number of carbonyl (C=O) groups excluding carboxylic acids is 3. The van der Waals surface area contributed by atoms with Gasteiger partial charge in [0.25, 0.3) is 5.91 Å². The Kier molecular flexibility index (Phi) is 5.54. The highest BCUT2D eigenvalue weighted by Crippen LogP contribution is 2.23. The number of nitrogens with zero attached hydrogens (tertiary/aromatic N) is 4. The molecular weight excluding hydrogens is 332 g/mol. The predicted octanol–water partition coefficient (Wildman–Crippen LogP) is 1.01. The Hall–Kier alpha value is -2.44. The molecule has 2 aliphatic heterocycles. The molecule has 1 aromatic heterocycles. The van der Waals surface area contributed by atoms with Crippen LogP contribution in [0.4, 0.5) is 0 Å². The fourth-order valence-corrected chi connectivity index (χ4v) is 3.65. The van der Waals surface area contributed by atoms with Crippen LogP contribution in [0.3, 0.4) is 0 Å². The van der Waals surface area contributed by atoms with Crippen LogP contribution >= 0.6 is 0 Å². The topological polar surface area (TPSA) is 73.8 Å². The predicted molar refractivity (Wildman–Crippen MR) is 96.3 cm³/mol. The number of amides is 3. The molecule has 1 atom stereocenters. The molecule has 1 aromatic rings. The van der Waals surface area contributed by atoms with Gasteiger partial charge in [0, 0.05) is 51.4 Å². The van der Waals surface area contributed by atoms with Gasteiger partial charge in [-0.1, -0.05) is 6.07 Å². The van der Waals surface area contributed by atoms with Crippen molar-refractivity contribution in [2.24, 2.45) is 5.92 Å². The Morgan fingerprint density at radius 1 is 1.12 bits per heavy atom. The van der Waals surface area contributed by atoms with Crippen LogP contribution in [0.5, 0.6) is 0 Å². The van der Waals surface area contributed by atoms with E-state index >= 15 is 0 Å². The lowest BCUT2D eigenvalue weighted by atomic mass is 10.1. The van der Waals surface area contributed by atoms with Gasteiger partial charge in [-0.25, -0.2) is 0 Å². The fraction of sp³-hybridized carbons (Fsp3) is 0.579. The molecule has 3 heterocycles. The third kappa shape index (κ3) is 3.86. The second-order valence-corrected chi connectivity index (χ2v) is 7.23. The lowest BCUT2D eigenvalue weighted by molar-refractivity contribution is -0.135. The first-order chi connectivity index (χ1) is 12.5. The van der Waals surface area contributed by atoms with E-state index < -0.39 is 0 Å². The lowest BCUT2D eigenvalue weighted by Gasteiger charge is -2.25. The molecule has 26 heavy (non-hydrogen) atoms. The summed E-state index contributed by atoms with van der Waals surface area (Å²) >= 11 is 0. The van der Waals surface area contributed by atoms with E-state index in [2.05, 4.69) is 4.98 Å². The molecule has 2 fully saturated rings. The molecule has 2 aliphatic rings. The molecule has 0 radical (unpaired) electrons. The SMILES string of the molecule is CC(C)N1CC(C(=O)N2CCCN(C(=O)c3ccccn3)CC2)CC1=O. The van der Waals surface area contributed by atoms with Crippen LogP contribution in [0.25, 0.3) is 0 Å². The fourth-order valence-electron chi connectivity index (χ4n) is 3.65. The molecule has 7 heteroatoms. The normalized spacial score (nSPS) is 21.3. The minimum Gasteiger partial charge on any atom is -0.341 e. The summed E-state index contributed by atoms with van der Waals surface area (Å²) in [4.78, 5) is 46.9. The third-order valence-corrected chi connectivity index (χ3v) is 5.11. The smallest absolute Gasteiger partial charge is 0.272 e. The molecule has 0 aliphatic carbocycles. The molecule has 140 valence electrons. The van der Waals surface area contributed by atoms with Crippen LogP contribution in [0.15, 0.2) is 24.4 Å². The van der Waals surface area contributed by atoms with Crippen LogP contribution in [0, 0.1) is 5.92 Å². The monoisotopic (exact) mass is 358 g/mol. The number of rotatable bonds is 3. The summed E-state index contributed by atoms with van der Waals surface area (Å²) < 4.78 is 0. The van der Waals surface area contributed by atoms with Crippen molar-refractivity contribution < 1.29 is 14.4 Å². The number of pyridine rings is 1. The van der Waals surface area contributed by atoms with Crippen LogP contribution in [-0.4, -0.2) is 76.2 Å². The van der Waals surface area contributed by atoms with Gasteiger partial charge in [0.1, 0.15) is 5.69 Å². The van der Waals surface area contributed by atoms with Crippen molar-refractivity contribution in [1.82, 2.24) is 19.7 Å². The molecule has 0 bridgehead atoms. The first kappa shape index (κ1) is 18.4. The van der Waals surface area contributed by atoms with Crippen molar-refractivity contribution in [2.75, 3.05) is 32.7 Å². The van der Waals surface area contributed by atoms with E-state index in [4.69, 9.17) is 0 Å². The summed E-state index contributed by atoms with van der Waals surface area (Å²) in [6.45, 7) is 6.68. The first-order valence-electron chi connectivity index (χ1n) is 9.26. The van der Waals surface area contributed by atoms with E-state index in [-0.39, 0.29) is 29.7 Å². The molecule has 3 rings (SSSR count). The minimum atomic E-state index is -0.261. The Morgan fingerprint density at radius 2 is 1.85 bits per heavy atom.